The van der Waals surface area contributed by atoms with Gasteiger partial charge in [-0.25, -0.2) is 0 Å². The van der Waals surface area contributed by atoms with Crippen LogP contribution in [-0.2, 0) is 0 Å². The van der Waals surface area contributed by atoms with Gasteiger partial charge in [0.2, 0.25) is 0 Å². The molecule has 0 saturated heterocycles. The lowest BCUT2D eigenvalue weighted by Crippen LogP contribution is -2.12. The van der Waals surface area contributed by atoms with E-state index in [9.17, 15) is 14.9 Å². The summed E-state index contributed by atoms with van der Waals surface area (Å²) < 4.78 is 5.65. The molecule has 0 radical (unpaired) electrons. The zero-order chi connectivity index (χ0) is 17.1. The van der Waals surface area contributed by atoms with Gasteiger partial charge < -0.3 is 10.5 Å². The van der Waals surface area contributed by atoms with Crippen LogP contribution in [0.25, 0.3) is 11.3 Å². The van der Waals surface area contributed by atoms with Crippen molar-refractivity contribution in [2.24, 2.45) is 5.73 Å². The SMILES string of the molecule is NC(=O)c1n[nH]nc1-c1cccc(Oc2ccc([N+](=O)[O-])cc2)c1. The molecule has 1 amide bonds. The summed E-state index contributed by atoms with van der Waals surface area (Å²) in [7, 11) is 0. The van der Waals surface area contributed by atoms with Gasteiger partial charge in [-0.1, -0.05) is 12.1 Å². The van der Waals surface area contributed by atoms with Crippen LogP contribution in [0.4, 0.5) is 5.69 Å². The van der Waals surface area contributed by atoms with Gasteiger partial charge in [-0.2, -0.15) is 15.4 Å². The zero-order valence-corrected chi connectivity index (χ0v) is 12.2. The van der Waals surface area contributed by atoms with Gasteiger partial charge in [0.05, 0.1) is 4.92 Å². The predicted octanol–water partition coefficient (Wildman–Crippen LogP) is 2.27. The lowest BCUT2D eigenvalue weighted by molar-refractivity contribution is -0.384. The number of aromatic amines is 1. The second kappa shape index (κ2) is 6.16. The summed E-state index contributed by atoms with van der Waals surface area (Å²) in [4.78, 5) is 21.5. The molecule has 3 aromatic rings. The minimum Gasteiger partial charge on any atom is -0.457 e. The minimum atomic E-state index is -0.694. The van der Waals surface area contributed by atoms with E-state index in [1.165, 1.54) is 24.3 Å². The standard InChI is InChI=1S/C15H11N5O4/c16-15(21)14-13(17-19-18-14)9-2-1-3-12(8-9)24-11-6-4-10(5-7-11)20(22)23/h1-8H,(H2,16,21)(H,17,18,19). The number of nitrogens with one attached hydrogen (secondary N) is 1. The van der Waals surface area contributed by atoms with Crippen LogP contribution < -0.4 is 10.5 Å². The van der Waals surface area contributed by atoms with Crippen LogP contribution in [0.3, 0.4) is 0 Å². The molecule has 0 aliphatic rings. The number of aromatic nitrogens is 3. The van der Waals surface area contributed by atoms with Crippen molar-refractivity contribution in [3.63, 3.8) is 0 Å². The third-order valence-electron chi connectivity index (χ3n) is 3.17. The van der Waals surface area contributed by atoms with E-state index in [-0.39, 0.29) is 11.4 Å². The van der Waals surface area contributed by atoms with Gasteiger partial charge in [-0.15, -0.1) is 0 Å². The van der Waals surface area contributed by atoms with Crippen LogP contribution in [0.15, 0.2) is 48.5 Å². The fraction of sp³-hybridized carbons (Fsp3) is 0. The molecule has 0 fully saturated rings. The summed E-state index contributed by atoms with van der Waals surface area (Å²) in [6.45, 7) is 0. The van der Waals surface area contributed by atoms with E-state index in [0.717, 1.165) is 0 Å². The first-order valence-electron chi connectivity index (χ1n) is 6.78. The number of nitrogens with two attached hydrogens (primary N) is 1. The van der Waals surface area contributed by atoms with Crippen molar-refractivity contribution in [3.8, 4) is 22.8 Å². The summed E-state index contributed by atoms with van der Waals surface area (Å²) in [5.41, 5.74) is 6.17. The van der Waals surface area contributed by atoms with Crippen molar-refractivity contribution in [1.29, 1.82) is 0 Å². The number of carbonyl (C=O) groups excluding carboxylic acids is 1. The lowest BCUT2D eigenvalue weighted by atomic mass is 10.1. The number of hydrogen-bond donors (Lipinski definition) is 2. The molecule has 24 heavy (non-hydrogen) atoms. The third-order valence-corrected chi connectivity index (χ3v) is 3.17. The number of ether oxygens (including phenoxy) is 1. The normalized spacial score (nSPS) is 10.3. The number of non-ortho nitro benzene ring substituents is 1. The van der Waals surface area contributed by atoms with Crippen molar-refractivity contribution < 1.29 is 14.5 Å². The average Bonchev–Trinajstić information content (AvgIpc) is 3.05. The Morgan fingerprint density at radius 2 is 1.88 bits per heavy atom. The summed E-state index contributed by atoms with van der Waals surface area (Å²) in [5.74, 6) is 0.216. The predicted molar refractivity (Wildman–Crippen MR) is 83.5 cm³/mol. The maximum atomic E-state index is 11.3. The molecule has 0 saturated carbocycles. The van der Waals surface area contributed by atoms with Crippen LogP contribution in [0.5, 0.6) is 11.5 Å². The van der Waals surface area contributed by atoms with Gasteiger partial charge in [0.1, 0.15) is 17.2 Å². The summed E-state index contributed by atoms with van der Waals surface area (Å²) in [6.07, 6.45) is 0. The minimum absolute atomic E-state index is 0.0233. The fourth-order valence-corrected chi connectivity index (χ4v) is 2.08. The second-order valence-corrected chi connectivity index (χ2v) is 4.77. The fourth-order valence-electron chi connectivity index (χ4n) is 2.08. The monoisotopic (exact) mass is 325 g/mol. The van der Waals surface area contributed by atoms with E-state index in [2.05, 4.69) is 15.4 Å². The molecule has 0 aliphatic carbocycles. The molecule has 2 aromatic carbocycles. The van der Waals surface area contributed by atoms with Crippen LogP contribution in [0.1, 0.15) is 10.5 Å². The number of nitrogens with zero attached hydrogens (tertiary/aromatic N) is 3. The van der Waals surface area contributed by atoms with Gasteiger partial charge in [-0.3, -0.25) is 14.9 Å². The van der Waals surface area contributed by atoms with E-state index in [0.29, 0.717) is 22.8 Å². The molecule has 3 N–H and O–H groups in total. The van der Waals surface area contributed by atoms with Gasteiger partial charge in [0, 0.05) is 17.7 Å². The number of hydrogen-bond acceptors (Lipinski definition) is 6. The smallest absolute Gasteiger partial charge is 0.271 e. The molecular weight excluding hydrogens is 314 g/mol. The van der Waals surface area contributed by atoms with Crippen LogP contribution >= 0.6 is 0 Å². The molecule has 3 rings (SSSR count). The number of carbonyl (C=O) groups is 1. The number of nitro groups is 1. The molecule has 0 atom stereocenters. The first-order valence-corrected chi connectivity index (χ1v) is 6.78. The van der Waals surface area contributed by atoms with Crippen LogP contribution in [0.2, 0.25) is 0 Å². The third kappa shape index (κ3) is 3.04. The Hall–Kier alpha value is -3.75. The maximum absolute atomic E-state index is 11.3. The quantitative estimate of drug-likeness (QED) is 0.545. The number of amides is 1. The largest absolute Gasteiger partial charge is 0.457 e. The average molecular weight is 325 g/mol. The summed E-state index contributed by atoms with van der Waals surface area (Å²) in [5, 5.41) is 20.6. The first-order chi connectivity index (χ1) is 11.5. The summed E-state index contributed by atoms with van der Waals surface area (Å²) in [6, 6.07) is 12.5. The molecule has 0 bridgehead atoms. The Morgan fingerprint density at radius 1 is 1.12 bits per heavy atom. The van der Waals surface area contributed by atoms with Gasteiger partial charge >= 0.3 is 0 Å². The number of primary amides is 1. The lowest BCUT2D eigenvalue weighted by Gasteiger charge is -2.07. The van der Waals surface area contributed by atoms with Crippen LogP contribution in [0, 0.1) is 10.1 Å². The zero-order valence-electron chi connectivity index (χ0n) is 12.2. The Balaban J connectivity index is 1.86. The van der Waals surface area contributed by atoms with E-state index in [4.69, 9.17) is 10.5 Å². The van der Waals surface area contributed by atoms with Gasteiger partial charge in [0.25, 0.3) is 11.6 Å². The molecule has 1 aromatic heterocycles. The number of nitro benzene ring substituents is 1. The van der Waals surface area contributed by atoms with E-state index < -0.39 is 10.8 Å². The van der Waals surface area contributed by atoms with E-state index in [1.807, 2.05) is 0 Å². The molecular formula is C15H11N5O4. The number of rotatable bonds is 5. The Kier molecular flexibility index (Phi) is 3.89. The highest BCUT2D eigenvalue weighted by molar-refractivity contribution is 5.96. The van der Waals surface area contributed by atoms with E-state index in [1.54, 1.807) is 24.3 Å². The molecule has 9 nitrogen and oxygen atoms in total. The first kappa shape index (κ1) is 15.2. The number of benzene rings is 2. The highest BCUT2D eigenvalue weighted by atomic mass is 16.6. The van der Waals surface area contributed by atoms with Crippen LogP contribution in [-0.4, -0.2) is 26.2 Å². The highest BCUT2D eigenvalue weighted by Crippen LogP contribution is 2.28. The molecule has 9 heteroatoms. The van der Waals surface area contributed by atoms with Crippen molar-refractivity contribution in [3.05, 3.63) is 64.3 Å². The Bertz CT molecular complexity index is 904. The van der Waals surface area contributed by atoms with Crippen molar-refractivity contribution in [2.45, 2.75) is 0 Å². The number of H-pyrrole nitrogens is 1. The van der Waals surface area contributed by atoms with Crippen molar-refractivity contribution >= 4 is 11.6 Å². The maximum Gasteiger partial charge on any atom is 0.271 e. The Labute approximate surface area is 135 Å². The molecule has 0 aliphatic heterocycles. The summed E-state index contributed by atoms with van der Waals surface area (Å²) >= 11 is 0. The Morgan fingerprint density at radius 3 is 2.54 bits per heavy atom. The van der Waals surface area contributed by atoms with Crippen molar-refractivity contribution in [1.82, 2.24) is 15.4 Å². The molecule has 0 spiro atoms. The highest BCUT2D eigenvalue weighted by Gasteiger charge is 2.15. The van der Waals surface area contributed by atoms with E-state index >= 15 is 0 Å². The topological polar surface area (TPSA) is 137 Å². The molecule has 1 heterocycles. The van der Waals surface area contributed by atoms with Gasteiger partial charge in [0.15, 0.2) is 5.69 Å². The van der Waals surface area contributed by atoms with Crippen molar-refractivity contribution in [2.75, 3.05) is 0 Å². The van der Waals surface area contributed by atoms with Gasteiger partial charge in [-0.05, 0) is 24.3 Å². The second-order valence-electron chi connectivity index (χ2n) is 4.77. The molecule has 120 valence electrons. The molecule has 0 unspecified atom stereocenters.